The first-order chi connectivity index (χ1) is 10.6. The maximum atomic E-state index is 12.5. The van der Waals surface area contributed by atoms with Gasteiger partial charge in [-0.05, 0) is 30.2 Å². The Balaban J connectivity index is 1.25. The molecule has 1 amide bonds. The second kappa shape index (κ2) is 4.12. The van der Waals surface area contributed by atoms with Crippen LogP contribution in [-0.4, -0.2) is 45.9 Å². The van der Waals surface area contributed by atoms with Crippen molar-refractivity contribution in [1.29, 1.82) is 0 Å². The Kier molecular flexibility index (Phi) is 2.37. The Hall–Kier alpha value is -1.85. The van der Waals surface area contributed by atoms with Crippen molar-refractivity contribution in [2.45, 2.75) is 32.3 Å². The minimum Gasteiger partial charge on any atom is -0.392 e. The van der Waals surface area contributed by atoms with Crippen LogP contribution in [0.25, 0.3) is 0 Å². The number of aromatic nitrogens is 2. The maximum absolute atomic E-state index is 12.5. The van der Waals surface area contributed by atoms with Crippen LogP contribution < -0.4 is 0 Å². The van der Waals surface area contributed by atoms with Gasteiger partial charge < -0.3 is 9.74 Å². The number of fused-ring (bicyclic) bond motifs is 2. The number of rotatable bonds is 3. The molecule has 1 aromatic heterocycles. The molecule has 3 heterocycles. The van der Waals surface area contributed by atoms with E-state index in [0.717, 1.165) is 25.2 Å². The molecule has 4 aliphatic rings. The van der Waals surface area contributed by atoms with Crippen molar-refractivity contribution in [3.05, 3.63) is 17.5 Å². The SMILES string of the molecule is CC(C)c1cc(C(=O)N2CC3C(C2)C3C2=NO[C@H]3C[C@@H]23)n[nH]1. The van der Waals surface area contributed by atoms with Gasteiger partial charge in [0.25, 0.3) is 5.91 Å². The van der Waals surface area contributed by atoms with E-state index in [1.165, 1.54) is 5.71 Å². The fraction of sp³-hybridized carbons (Fsp3) is 0.688. The zero-order chi connectivity index (χ0) is 15.0. The van der Waals surface area contributed by atoms with Gasteiger partial charge in [0.15, 0.2) is 0 Å². The highest BCUT2D eigenvalue weighted by molar-refractivity contribution is 5.97. The fourth-order valence-corrected chi connectivity index (χ4v) is 4.14. The van der Waals surface area contributed by atoms with E-state index in [-0.39, 0.29) is 5.91 Å². The van der Waals surface area contributed by atoms with Crippen LogP contribution in [0, 0.1) is 23.7 Å². The first kappa shape index (κ1) is 12.7. The molecule has 1 aromatic rings. The summed E-state index contributed by atoms with van der Waals surface area (Å²) in [6.07, 6.45) is 1.54. The van der Waals surface area contributed by atoms with Gasteiger partial charge in [0, 0.05) is 30.6 Å². The molecule has 1 saturated heterocycles. The topological polar surface area (TPSA) is 70.6 Å². The molecule has 1 N–H and O–H groups in total. The average Bonchev–Trinajstić information content (AvgIpc) is 3.16. The lowest BCUT2D eigenvalue weighted by Gasteiger charge is -2.18. The minimum atomic E-state index is 0.0583. The van der Waals surface area contributed by atoms with Crippen LogP contribution in [0.4, 0.5) is 0 Å². The third-order valence-corrected chi connectivity index (χ3v) is 5.67. The van der Waals surface area contributed by atoms with Crippen LogP contribution in [0.5, 0.6) is 0 Å². The lowest BCUT2D eigenvalue weighted by molar-refractivity contribution is 0.0766. The maximum Gasteiger partial charge on any atom is 0.274 e. The third-order valence-electron chi connectivity index (χ3n) is 5.67. The molecule has 0 aromatic carbocycles. The van der Waals surface area contributed by atoms with Crippen LogP contribution >= 0.6 is 0 Å². The zero-order valence-electron chi connectivity index (χ0n) is 12.8. The molecule has 6 nitrogen and oxygen atoms in total. The number of carbonyl (C=O) groups excluding carboxylic acids is 1. The number of hydrogen-bond donors (Lipinski definition) is 1. The molecule has 0 spiro atoms. The number of amides is 1. The summed E-state index contributed by atoms with van der Waals surface area (Å²) in [6.45, 7) is 5.86. The summed E-state index contributed by atoms with van der Waals surface area (Å²) < 4.78 is 0. The van der Waals surface area contributed by atoms with E-state index in [1.807, 2.05) is 11.0 Å². The Morgan fingerprint density at radius 2 is 2.18 bits per heavy atom. The van der Waals surface area contributed by atoms with Gasteiger partial charge in [-0.2, -0.15) is 5.10 Å². The molecule has 0 radical (unpaired) electrons. The molecular weight excluding hydrogens is 280 g/mol. The molecule has 2 aliphatic heterocycles. The van der Waals surface area contributed by atoms with Crippen molar-refractivity contribution in [1.82, 2.24) is 15.1 Å². The minimum absolute atomic E-state index is 0.0583. The van der Waals surface area contributed by atoms with Crippen LogP contribution in [0.3, 0.4) is 0 Å². The van der Waals surface area contributed by atoms with Crippen molar-refractivity contribution in [2.24, 2.45) is 28.8 Å². The van der Waals surface area contributed by atoms with E-state index in [9.17, 15) is 4.79 Å². The second-order valence-electron chi connectivity index (χ2n) is 7.43. The number of H-pyrrole nitrogens is 1. The van der Waals surface area contributed by atoms with Crippen molar-refractivity contribution in [3.63, 3.8) is 0 Å². The summed E-state index contributed by atoms with van der Waals surface area (Å²) in [6, 6.07) is 1.89. The van der Waals surface area contributed by atoms with Crippen LogP contribution in [0.1, 0.15) is 42.4 Å². The van der Waals surface area contributed by atoms with E-state index in [1.54, 1.807) is 0 Å². The highest BCUT2D eigenvalue weighted by Crippen LogP contribution is 2.58. The van der Waals surface area contributed by atoms with Crippen LogP contribution in [0.15, 0.2) is 11.2 Å². The van der Waals surface area contributed by atoms with Gasteiger partial charge in [0.05, 0.1) is 5.71 Å². The zero-order valence-corrected chi connectivity index (χ0v) is 12.8. The van der Waals surface area contributed by atoms with Crippen molar-refractivity contribution >= 4 is 11.6 Å². The fourth-order valence-electron chi connectivity index (χ4n) is 4.14. The van der Waals surface area contributed by atoms with E-state index >= 15 is 0 Å². The molecule has 116 valence electrons. The number of aromatic amines is 1. The molecule has 0 bridgehead atoms. The van der Waals surface area contributed by atoms with Gasteiger partial charge >= 0.3 is 0 Å². The summed E-state index contributed by atoms with van der Waals surface area (Å²) >= 11 is 0. The molecule has 2 unspecified atom stereocenters. The number of likely N-dealkylation sites (tertiary alicyclic amines) is 1. The molecule has 22 heavy (non-hydrogen) atoms. The first-order valence-corrected chi connectivity index (χ1v) is 8.21. The van der Waals surface area contributed by atoms with Gasteiger partial charge in [0.2, 0.25) is 0 Å². The van der Waals surface area contributed by atoms with Gasteiger partial charge in [-0.15, -0.1) is 0 Å². The monoisotopic (exact) mass is 300 g/mol. The van der Waals surface area contributed by atoms with Crippen molar-refractivity contribution in [3.8, 4) is 0 Å². The summed E-state index contributed by atoms with van der Waals surface area (Å²) in [5.41, 5.74) is 2.85. The van der Waals surface area contributed by atoms with Gasteiger partial charge in [-0.25, -0.2) is 0 Å². The second-order valence-corrected chi connectivity index (χ2v) is 7.43. The number of oxime groups is 1. The average molecular weight is 300 g/mol. The summed E-state index contributed by atoms with van der Waals surface area (Å²) in [5.74, 6) is 2.77. The van der Waals surface area contributed by atoms with E-state index < -0.39 is 0 Å². The lowest BCUT2D eigenvalue weighted by atomic mass is 10.1. The molecular formula is C16H20N4O2. The predicted octanol–water partition coefficient (Wildman–Crippen LogP) is 1.63. The Morgan fingerprint density at radius 1 is 1.41 bits per heavy atom. The smallest absolute Gasteiger partial charge is 0.274 e. The van der Waals surface area contributed by atoms with Gasteiger partial charge in [-0.3, -0.25) is 9.89 Å². The molecule has 2 aliphatic carbocycles. The van der Waals surface area contributed by atoms with Gasteiger partial charge in [-0.1, -0.05) is 19.0 Å². The first-order valence-electron chi connectivity index (χ1n) is 8.21. The van der Waals surface area contributed by atoms with Crippen LogP contribution in [-0.2, 0) is 4.84 Å². The summed E-state index contributed by atoms with van der Waals surface area (Å²) in [4.78, 5) is 19.9. The molecule has 2 saturated carbocycles. The summed E-state index contributed by atoms with van der Waals surface area (Å²) in [5, 5.41) is 11.4. The highest BCUT2D eigenvalue weighted by atomic mass is 16.7. The quantitative estimate of drug-likeness (QED) is 0.922. The van der Waals surface area contributed by atoms with E-state index in [2.05, 4.69) is 29.2 Å². The van der Waals surface area contributed by atoms with E-state index in [0.29, 0.717) is 41.4 Å². The molecule has 4 atom stereocenters. The third kappa shape index (κ3) is 1.69. The number of nitrogens with one attached hydrogen (secondary N) is 1. The van der Waals surface area contributed by atoms with Gasteiger partial charge in [0.1, 0.15) is 11.8 Å². The van der Waals surface area contributed by atoms with Crippen molar-refractivity contribution in [2.75, 3.05) is 13.1 Å². The number of carbonyl (C=O) groups is 1. The lowest BCUT2D eigenvalue weighted by Crippen LogP contribution is -2.33. The highest BCUT2D eigenvalue weighted by Gasteiger charge is 2.64. The normalized spacial score (nSPS) is 37.7. The van der Waals surface area contributed by atoms with E-state index in [4.69, 9.17) is 4.84 Å². The standard InChI is InChI=1S/C16H20N4O2/c1-7(2)11-4-12(18-17-11)16(21)20-5-9-10(6-20)14(9)15-8-3-13(8)22-19-15/h4,7-10,13-14H,3,5-6H2,1-2H3,(H,17,18)/t8-,9?,10?,13+,14?/m1/s1. The molecule has 5 rings (SSSR count). The largest absolute Gasteiger partial charge is 0.392 e. The van der Waals surface area contributed by atoms with Crippen LogP contribution in [0.2, 0.25) is 0 Å². The number of nitrogens with zero attached hydrogens (tertiary/aromatic N) is 3. The Morgan fingerprint density at radius 3 is 2.73 bits per heavy atom. The number of piperidine rings is 1. The molecule has 6 heteroatoms. The van der Waals surface area contributed by atoms with Crippen molar-refractivity contribution < 1.29 is 9.63 Å². The predicted molar refractivity (Wildman–Crippen MR) is 79.5 cm³/mol. The Labute approximate surface area is 128 Å². The Bertz CT molecular complexity index is 667. The molecule has 3 fully saturated rings. The summed E-state index contributed by atoms with van der Waals surface area (Å²) in [7, 11) is 0. The number of hydrogen-bond acceptors (Lipinski definition) is 4.